The molecular formula is C24H26FN9O. The van der Waals surface area contributed by atoms with Gasteiger partial charge in [0.05, 0.1) is 17.9 Å². The maximum absolute atomic E-state index is 15.8. The summed E-state index contributed by atoms with van der Waals surface area (Å²) in [5.41, 5.74) is 0.792. The summed E-state index contributed by atoms with van der Waals surface area (Å²) in [5.74, 6) is 0.443. The number of anilines is 1. The summed E-state index contributed by atoms with van der Waals surface area (Å²) in [5, 5.41) is 35.8. The lowest BCUT2D eigenvalue weighted by atomic mass is 9.82. The van der Waals surface area contributed by atoms with E-state index in [-0.39, 0.29) is 29.2 Å². The third kappa shape index (κ3) is 3.69. The van der Waals surface area contributed by atoms with Crippen LogP contribution in [0.5, 0.6) is 5.75 Å². The topological polar surface area (TPSA) is 129 Å². The average molecular weight is 476 g/mol. The van der Waals surface area contributed by atoms with E-state index < -0.39 is 11.7 Å². The van der Waals surface area contributed by atoms with Gasteiger partial charge in [-0.1, -0.05) is 0 Å². The lowest BCUT2D eigenvalue weighted by Crippen LogP contribution is -2.66. The molecule has 4 heterocycles. The van der Waals surface area contributed by atoms with Gasteiger partial charge in [0.1, 0.15) is 30.0 Å². The molecule has 180 valence electrons. The van der Waals surface area contributed by atoms with E-state index in [2.05, 4.69) is 37.5 Å². The summed E-state index contributed by atoms with van der Waals surface area (Å²) in [6.45, 7) is 4.16. The standard InChI is InChI=1S/C24H26FN9O/c1-23-7-8-24(2,32-23)21(25)18(10-23)34(14-3-4-14)22-27-12-17(29-30-22)16-6-5-15(9-19(16)35)33-13-28-20(11-26)31-33/h5-6,9,12-14,18,21,32,35H,3-4,7-8,10H2,1-2H3/t18-,21-,23-,24+/m1/s1. The van der Waals surface area contributed by atoms with E-state index >= 15 is 4.39 Å². The van der Waals surface area contributed by atoms with Crippen LogP contribution in [0.3, 0.4) is 0 Å². The van der Waals surface area contributed by atoms with Gasteiger partial charge in [0.25, 0.3) is 5.82 Å². The van der Waals surface area contributed by atoms with Crippen LogP contribution < -0.4 is 10.2 Å². The van der Waals surface area contributed by atoms with Gasteiger partial charge in [-0.2, -0.15) is 5.26 Å². The van der Waals surface area contributed by atoms with Crippen LogP contribution >= 0.6 is 0 Å². The van der Waals surface area contributed by atoms with E-state index in [9.17, 15) is 5.11 Å². The first-order chi connectivity index (χ1) is 16.8. The first-order valence-electron chi connectivity index (χ1n) is 11.9. The summed E-state index contributed by atoms with van der Waals surface area (Å²) in [4.78, 5) is 10.5. The quantitative estimate of drug-likeness (QED) is 0.572. The molecule has 0 amide bonds. The molecule has 3 aliphatic rings. The van der Waals surface area contributed by atoms with E-state index in [0.29, 0.717) is 29.3 Å². The first kappa shape index (κ1) is 21.9. The number of piperidine rings is 1. The van der Waals surface area contributed by atoms with Gasteiger partial charge in [0.15, 0.2) is 0 Å². The number of aromatic nitrogens is 6. The number of phenols is 1. The molecule has 2 bridgehead atoms. The van der Waals surface area contributed by atoms with E-state index in [1.54, 1.807) is 18.3 Å². The third-order valence-corrected chi connectivity index (χ3v) is 7.58. The zero-order chi connectivity index (χ0) is 24.4. The molecule has 35 heavy (non-hydrogen) atoms. The minimum absolute atomic E-state index is 0.0287. The molecule has 10 nitrogen and oxygen atoms in total. The monoisotopic (exact) mass is 475 g/mol. The SMILES string of the molecule is C[C@]12CC[C@](C)(N1)[C@H](F)[C@H](N(c1ncc(-c3ccc(-n4cnc(C#N)n4)cc3O)nn1)C1CC1)C2. The normalized spacial score (nSPS) is 29.7. The Balaban J connectivity index is 1.28. The number of fused-ring (bicyclic) bond motifs is 2. The Morgan fingerprint density at radius 2 is 2.06 bits per heavy atom. The lowest BCUT2D eigenvalue weighted by Gasteiger charge is -2.48. The van der Waals surface area contributed by atoms with Crippen molar-refractivity contribution in [1.29, 1.82) is 5.26 Å². The molecule has 1 aromatic carbocycles. The predicted octanol–water partition coefficient (Wildman–Crippen LogP) is 2.68. The van der Waals surface area contributed by atoms with Crippen LogP contribution in [0.4, 0.5) is 10.3 Å². The molecule has 0 radical (unpaired) electrons. The van der Waals surface area contributed by atoms with Gasteiger partial charge in [0, 0.05) is 28.7 Å². The van der Waals surface area contributed by atoms with Crippen LogP contribution in [-0.4, -0.2) is 64.4 Å². The van der Waals surface area contributed by atoms with Crippen molar-refractivity contribution in [3.05, 3.63) is 36.5 Å². The molecule has 2 aromatic heterocycles. The Kier molecular flexibility index (Phi) is 4.79. The summed E-state index contributed by atoms with van der Waals surface area (Å²) >= 11 is 0. The number of nitrogens with zero attached hydrogens (tertiary/aromatic N) is 8. The molecule has 2 N–H and O–H groups in total. The summed E-state index contributed by atoms with van der Waals surface area (Å²) in [6.07, 6.45) is 6.41. The highest BCUT2D eigenvalue weighted by molar-refractivity contribution is 5.68. The summed E-state index contributed by atoms with van der Waals surface area (Å²) < 4.78 is 17.2. The van der Waals surface area contributed by atoms with E-state index in [4.69, 9.17) is 5.26 Å². The summed E-state index contributed by atoms with van der Waals surface area (Å²) in [7, 11) is 0. The van der Waals surface area contributed by atoms with Gasteiger partial charge in [-0.05, 0) is 58.1 Å². The highest BCUT2D eigenvalue weighted by Crippen LogP contribution is 2.47. The second kappa shape index (κ2) is 7.68. The molecule has 2 saturated heterocycles. The number of hydrogen-bond acceptors (Lipinski definition) is 9. The predicted molar refractivity (Wildman–Crippen MR) is 125 cm³/mol. The molecule has 2 aliphatic heterocycles. The molecule has 11 heteroatoms. The van der Waals surface area contributed by atoms with E-state index in [1.165, 1.54) is 17.1 Å². The van der Waals surface area contributed by atoms with Crippen molar-refractivity contribution in [1.82, 2.24) is 35.3 Å². The average Bonchev–Trinajstić information content (AvgIpc) is 3.48. The van der Waals surface area contributed by atoms with E-state index in [1.807, 2.05) is 17.9 Å². The Morgan fingerprint density at radius 3 is 2.71 bits per heavy atom. The Labute approximate surface area is 201 Å². The van der Waals surface area contributed by atoms with Crippen molar-refractivity contribution < 1.29 is 9.50 Å². The second-order valence-corrected chi connectivity index (χ2v) is 10.4. The third-order valence-electron chi connectivity index (χ3n) is 7.58. The number of rotatable bonds is 5. The Morgan fingerprint density at radius 1 is 1.23 bits per heavy atom. The summed E-state index contributed by atoms with van der Waals surface area (Å²) in [6, 6.07) is 6.72. The number of nitriles is 1. The van der Waals surface area contributed by atoms with Gasteiger partial charge < -0.3 is 15.3 Å². The smallest absolute Gasteiger partial charge is 0.252 e. The van der Waals surface area contributed by atoms with Crippen molar-refractivity contribution in [2.24, 2.45) is 0 Å². The zero-order valence-corrected chi connectivity index (χ0v) is 19.6. The van der Waals surface area contributed by atoms with Crippen molar-refractivity contribution in [3.8, 4) is 28.8 Å². The van der Waals surface area contributed by atoms with Crippen molar-refractivity contribution in [2.75, 3.05) is 4.90 Å². The molecule has 3 fully saturated rings. The minimum Gasteiger partial charge on any atom is -0.507 e. The second-order valence-electron chi connectivity index (χ2n) is 10.4. The minimum atomic E-state index is -1.03. The van der Waals surface area contributed by atoms with Gasteiger partial charge in [-0.3, -0.25) is 0 Å². The number of benzene rings is 1. The van der Waals surface area contributed by atoms with Crippen LogP contribution in [0, 0.1) is 11.3 Å². The number of alkyl halides is 1. The molecule has 3 aromatic rings. The van der Waals surface area contributed by atoms with Crippen molar-refractivity contribution in [3.63, 3.8) is 0 Å². The van der Waals surface area contributed by atoms with E-state index in [0.717, 1.165) is 25.7 Å². The highest BCUT2D eigenvalue weighted by atomic mass is 19.1. The molecular weight excluding hydrogens is 449 g/mol. The molecule has 6 rings (SSSR count). The van der Waals surface area contributed by atoms with Gasteiger partial charge in [-0.25, -0.2) is 19.0 Å². The molecule has 1 aliphatic carbocycles. The number of aromatic hydroxyl groups is 1. The Hall–Kier alpha value is -3.65. The maximum Gasteiger partial charge on any atom is 0.252 e. The molecule has 0 unspecified atom stereocenters. The number of hydrogen-bond donors (Lipinski definition) is 2. The molecule has 1 saturated carbocycles. The highest BCUT2D eigenvalue weighted by Gasteiger charge is 2.58. The number of phenolic OH excluding ortho intramolecular Hbond substituents is 1. The molecule has 0 spiro atoms. The largest absolute Gasteiger partial charge is 0.507 e. The van der Waals surface area contributed by atoms with Crippen molar-refractivity contribution in [2.45, 2.75) is 75.3 Å². The first-order valence-corrected chi connectivity index (χ1v) is 11.9. The lowest BCUT2D eigenvalue weighted by molar-refractivity contribution is 0.0828. The zero-order valence-electron chi connectivity index (χ0n) is 19.6. The fourth-order valence-electron chi connectivity index (χ4n) is 5.70. The van der Waals surface area contributed by atoms with Gasteiger partial charge in [-0.15, -0.1) is 15.3 Å². The van der Waals surface area contributed by atoms with Gasteiger partial charge >= 0.3 is 0 Å². The number of nitrogens with one attached hydrogen (secondary N) is 1. The van der Waals surface area contributed by atoms with Crippen LogP contribution in [-0.2, 0) is 0 Å². The fraction of sp³-hybridized carbons (Fsp3) is 0.500. The van der Waals surface area contributed by atoms with Crippen LogP contribution in [0.1, 0.15) is 51.8 Å². The fourth-order valence-corrected chi connectivity index (χ4v) is 5.70. The molecule has 4 atom stereocenters. The van der Waals surface area contributed by atoms with Crippen molar-refractivity contribution >= 4 is 5.95 Å². The van der Waals surface area contributed by atoms with Crippen LogP contribution in [0.25, 0.3) is 16.9 Å². The van der Waals surface area contributed by atoms with Crippen LogP contribution in [0.15, 0.2) is 30.7 Å². The van der Waals surface area contributed by atoms with Crippen LogP contribution in [0.2, 0.25) is 0 Å². The Bertz CT molecular complexity index is 1320. The number of halogens is 1. The van der Waals surface area contributed by atoms with Gasteiger partial charge in [0.2, 0.25) is 5.95 Å². The maximum atomic E-state index is 15.8.